The summed E-state index contributed by atoms with van der Waals surface area (Å²) in [5.74, 6) is 0.428. The largest absolute Gasteiger partial charge is 0.481 e. The zero-order chi connectivity index (χ0) is 11.6. The smallest absolute Gasteiger partial charge is 0.387 e. The molecule has 0 spiro atoms. The van der Waals surface area contributed by atoms with E-state index in [1.54, 1.807) is 18.2 Å². The SMILES string of the molecule is CC1(Oc2ccccc2OC(F)F)CNC1. The second-order valence-electron chi connectivity index (χ2n) is 3.98. The van der Waals surface area contributed by atoms with E-state index in [0.717, 1.165) is 0 Å². The first-order valence-corrected chi connectivity index (χ1v) is 5.03. The van der Waals surface area contributed by atoms with Gasteiger partial charge in [0.1, 0.15) is 5.60 Å². The van der Waals surface area contributed by atoms with E-state index in [2.05, 4.69) is 10.1 Å². The summed E-state index contributed by atoms with van der Waals surface area (Å²) < 4.78 is 34.3. The Morgan fingerprint density at radius 2 is 1.88 bits per heavy atom. The highest BCUT2D eigenvalue weighted by Gasteiger charge is 2.34. The fraction of sp³-hybridized carbons (Fsp3) is 0.455. The molecule has 5 heteroatoms. The van der Waals surface area contributed by atoms with Crippen molar-refractivity contribution in [2.75, 3.05) is 13.1 Å². The predicted octanol–water partition coefficient (Wildman–Crippen LogP) is 2.03. The van der Waals surface area contributed by atoms with E-state index in [-0.39, 0.29) is 11.4 Å². The Morgan fingerprint density at radius 1 is 1.25 bits per heavy atom. The van der Waals surface area contributed by atoms with Gasteiger partial charge in [-0.05, 0) is 19.1 Å². The molecule has 0 saturated carbocycles. The standard InChI is InChI=1S/C11H13F2NO2/c1-11(6-14-7-11)16-9-5-3-2-4-8(9)15-10(12)13/h2-5,10,14H,6-7H2,1H3. The van der Waals surface area contributed by atoms with Gasteiger partial charge in [0.25, 0.3) is 0 Å². The Bertz CT molecular complexity index is 367. The van der Waals surface area contributed by atoms with Crippen LogP contribution < -0.4 is 14.8 Å². The molecule has 1 aromatic rings. The molecule has 0 atom stereocenters. The molecule has 3 nitrogen and oxygen atoms in total. The van der Waals surface area contributed by atoms with E-state index >= 15 is 0 Å². The van der Waals surface area contributed by atoms with Crippen LogP contribution in [0.3, 0.4) is 0 Å². The van der Waals surface area contributed by atoms with Gasteiger partial charge in [-0.1, -0.05) is 12.1 Å². The molecule has 1 aliphatic heterocycles. The molecule has 88 valence electrons. The summed E-state index contributed by atoms with van der Waals surface area (Å²) in [6.45, 7) is 0.492. The fourth-order valence-corrected chi connectivity index (χ4v) is 1.54. The normalized spacial score (nSPS) is 18.0. The van der Waals surface area contributed by atoms with Crippen LogP contribution in [0.5, 0.6) is 11.5 Å². The van der Waals surface area contributed by atoms with E-state index < -0.39 is 6.61 Å². The lowest BCUT2D eigenvalue weighted by Crippen LogP contribution is -2.61. The first-order valence-electron chi connectivity index (χ1n) is 5.03. The minimum Gasteiger partial charge on any atom is -0.481 e. The molecular weight excluding hydrogens is 216 g/mol. The number of alkyl halides is 2. The third-order valence-electron chi connectivity index (χ3n) is 2.42. The third kappa shape index (κ3) is 2.41. The molecule has 0 radical (unpaired) electrons. The molecule has 1 fully saturated rings. The van der Waals surface area contributed by atoms with Crippen LogP contribution in [-0.2, 0) is 0 Å². The van der Waals surface area contributed by atoms with Gasteiger partial charge in [-0.15, -0.1) is 0 Å². The van der Waals surface area contributed by atoms with Gasteiger partial charge in [0.2, 0.25) is 0 Å². The summed E-state index contributed by atoms with van der Waals surface area (Å²) in [4.78, 5) is 0. The monoisotopic (exact) mass is 229 g/mol. The summed E-state index contributed by atoms with van der Waals surface area (Å²) in [6, 6.07) is 6.45. The number of halogens is 2. The number of hydrogen-bond acceptors (Lipinski definition) is 3. The highest BCUT2D eigenvalue weighted by Crippen LogP contribution is 2.32. The Morgan fingerprint density at radius 3 is 2.38 bits per heavy atom. The fourth-order valence-electron chi connectivity index (χ4n) is 1.54. The van der Waals surface area contributed by atoms with Crippen molar-refractivity contribution in [1.82, 2.24) is 5.32 Å². The summed E-state index contributed by atoms with van der Waals surface area (Å²) >= 11 is 0. The number of hydrogen-bond donors (Lipinski definition) is 1. The number of nitrogens with one attached hydrogen (secondary N) is 1. The Kier molecular flexibility index (Phi) is 2.96. The number of benzene rings is 1. The Labute approximate surface area is 92.4 Å². The van der Waals surface area contributed by atoms with Gasteiger partial charge in [-0.3, -0.25) is 0 Å². The molecule has 0 aliphatic carbocycles. The van der Waals surface area contributed by atoms with Gasteiger partial charge in [-0.2, -0.15) is 8.78 Å². The van der Waals surface area contributed by atoms with E-state index in [4.69, 9.17) is 4.74 Å². The van der Waals surface area contributed by atoms with Gasteiger partial charge >= 0.3 is 6.61 Å². The van der Waals surface area contributed by atoms with E-state index in [1.807, 2.05) is 6.92 Å². The van der Waals surface area contributed by atoms with Crippen LogP contribution >= 0.6 is 0 Å². The van der Waals surface area contributed by atoms with Crippen molar-refractivity contribution in [2.45, 2.75) is 19.1 Å². The van der Waals surface area contributed by atoms with Crippen molar-refractivity contribution in [3.8, 4) is 11.5 Å². The second-order valence-corrected chi connectivity index (χ2v) is 3.98. The van der Waals surface area contributed by atoms with Crippen LogP contribution in [0, 0.1) is 0 Å². The third-order valence-corrected chi connectivity index (χ3v) is 2.42. The summed E-state index contributed by atoms with van der Waals surface area (Å²) in [5, 5.41) is 3.07. The molecule has 1 aliphatic rings. The maximum absolute atomic E-state index is 12.1. The van der Waals surface area contributed by atoms with Crippen molar-refractivity contribution >= 4 is 0 Å². The van der Waals surface area contributed by atoms with Gasteiger partial charge in [0.15, 0.2) is 11.5 Å². The quantitative estimate of drug-likeness (QED) is 0.856. The van der Waals surface area contributed by atoms with Crippen LogP contribution in [-0.4, -0.2) is 25.3 Å². The Hall–Kier alpha value is -1.36. The molecule has 0 amide bonds. The van der Waals surface area contributed by atoms with Crippen LogP contribution in [0.4, 0.5) is 8.78 Å². The zero-order valence-corrected chi connectivity index (χ0v) is 8.87. The van der Waals surface area contributed by atoms with Crippen molar-refractivity contribution in [3.63, 3.8) is 0 Å². The average molecular weight is 229 g/mol. The van der Waals surface area contributed by atoms with E-state index in [1.165, 1.54) is 6.07 Å². The molecule has 16 heavy (non-hydrogen) atoms. The van der Waals surface area contributed by atoms with Gasteiger partial charge in [0.05, 0.1) is 0 Å². The highest BCUT2D eigenvalue weighted by atomic mass is 19.3. The first kappa shape index (κ1) is 11.1. The Balaban J connectivity index is 2.12. The summed E-state index contributed by atoms with van der Waals surface area (Å²) in [6.07, 6.45) is 0. The van der Waals surface area contributed by atoms with Crippen LogP contribution in [0.1, 0.15) is 6.92 Å². The van der Waals surface area contributed by atoms with Crippen molar-refractivity contribution < 1.29 is 18.3 Å². The average Bonchev–Trinajstić information content (AvgIpc) is 2.18. The maximum Gasteiger partial charge on any atom is 0.387 e. The molecule has 0 unspecified atom stereocenters. The molecule has 1 heterocycles. The zero-order valence-electron chi connectivity index (χ0n) is 8.87. The minimum absolute atomic E-state index is 0.0747. The number of rotatable bonds is 4. The van der Waals surface area contributed by atoms with Crippen LogP contribution in [0.15, 0.2) is 24.3 Å². The lowest BCUT2D eigenvalue weighted by molar-refractivity contribution is -0.0549. The number of para-hydroxylation sites is 2. The lowest BCUT2D eigenvalue weighted by Gasteiger charge is -2.39. The van der Waals surface area contributed by atoms with Crippen LogP contribution in [0.2, 0.25) is 0 Å². The summed E-state index contributed by atoms with van der Waals surface area (Å²) in [5.41, 5.74) is -0.332. The molecule has 1 N–H and O–H groups in total. The highest BCUT2D eigenvalue weighted by molar-refractivity contribution is 5.40. The lowest BCUT2D eigenvalue weighted by atomic mass is 10.00. The molecule has 2 rings (SSSR count). The molecule has 0 aromatic heterocycles. The van der Waals surface area contributed by atoms with Crippen molar-refractivity contribution in [1.29, 1.82) is 0 Å². The molecular formula is C11H13F2NO2. The van der Waals surface area contributed by atoms with E-state index in [9.17, 15) is 8.78 Å². The summed E-state index contributed by atoms with van der Waals surface area (Å²) in [7, 11) is 0. The van der Waals surface area contributed by atoms with Crippen LogP contribution in [0.25, 0.3) is 0 Å². The topological polar surface area (TPSA) is 30.5 Å². The first-order chi connectivity index (χ1) is 7.59. The number of ether oxygens (including phenoxy) is 2. The molecule has 0 bridgehead atoms. The second kappa shape index (κ2) is 4.25. The van der Waals surface area contributed by atoms with Gasteiger partial charge < -0.3 is 14.8 Å². The van der Waals surface area contributed by atoms with E-state index in [0.29, 0.717) is 18.8 Å². The predicted molar refractivity (Wildman–Crippen MR) is 55.0 cm³/mol. The van der Waals surface area contributed by atoms with Crippen molar-refractivity contribution in [3.05, 3.63) is 24.3 Å². The van der Waals surface area contributed by atoms with Gasteiger partial charge in [-0.25, -0.2) is 0 Å². The molecule has 1 aromatic carbocycles. The maximum atomic E-state index is 12.1. The van der Waals surface area contributed by atoms with Crippen molar-refractivity contribution in [2.24, 2.45) is 0 Å². The minimum atomic E-state index is -2.84. The molecule has 1 saturated heterocycles. The van der Waals surface area contributed by atoms with Gasteiger partial charge in [0, 0.05) is 13.1 Å².